The van der Waals surface area contributed by atoms with Gasteiger partial charge in [0.05, 0.1) is 6.61 Å². The quantitative estimate of drug-likeness (QED) is 0.267. The van der Waals surface area contributed by atoms with E-state index in [1.54, 1.807) is 25.1 Å². The third-order valence-electron chi connectivity index (χ3n) is 7.45. The summed E-state index contributed by atoms with van der Waals surface area (Å²) in [5, 5.41) is 5.01. The fraction of sp³-hybridized carbons (Fsp3) is 0.469. The van der Waals surface area contributed by atoms with Crippen molar-refractivity contribution in [3.05, 3.63) is 70.8 Å². The summed E-state index contributed by atoms with van der Waals surface area (Å²) in [6.07, 6.45) is 12.9. The predicted octanol–water partition coefficient (Wildman–Crippen LogP) is 8.21. The van der Waals surface area contributed by atoms with Crippen LogP contribution in [0.2, 0.25) is 5.02 Å². The number of hydrogen-bond donors (Lipinski definition) is 0. The molecule has 1 atom stereocenters. The van der Waals surface area contributed by atoms with Gasteiger partial charge < -0.3 is 14.3 Å². The molecule has 6 nitrogen and oxygen atoms in total. The van der Waals surface area contributed by atoms with Crippen molar-refractivity contribution in [2.75, 3.05) is 6.61 Å². The summed E-state index contributed by atoms with van der Waals surface area (Å²) in [7, 11) is 0. The summed E-state index contributed by atoms with van der Waals surface area (Å²) in [6, 6.07) is 14.7. The fourth-order valence-electron chi connectivity index (χ4n) is 5.57. The molecule has 1 spiro atoms. The van der Waals surface area contributed by atoms with Gasteiger partial charge in [0.2, 0.25) is 0 Å². The summed E-state index contributed by atoms with van der Waals surface area (Å²) in [5.74, 6) is 0.847. The third-order valence-corrected chi connectivity index (χ3v) is 7.70. The molecule has 0 saturated heterocycles. The van der Waals surface area contributed by atoms with Crippen LogP contribution in [-0.2, 0) is 19.2 Å². The molecule has 0 aromatic heterocycles. The summed E-state index contributed by atoms with van der Waals surface area (Å²) in [6.45, 7) is 3.79. The summed E-state index contributed by atoms with van der Waals surface area (Å²) in [4.78, 5) is 29.4. The van der Waals surface area contributed by atoms with Crippen LogP contribution in [0.5, 0.6) is 11.5 Å². The lowest BCUT2D eigenvalue weighted by atomic mass is 9.73. The van der Waals surface area contributed by atoms with E-state index in [4.69, 9.17) is 25.9 Å². The average molecular weight is 552 g/mol. The Balaban J connectivity index is 0.000000298. The lowest BCUT2D eigenvalue weighted by Crippen LogP contribution is -2.46. The lowest BCUT2D eigenvalue weighted by molar-refractivity contribution is -0.157. The molecule has 2 aromatic carbocycles. The highest BCUT2D eigenvalue weighted by Gasteiger charge is 2.54. The molecule has 2 saturated carbocycles. The summed E-state index contributed by atoms with van der Waals surface area (Å²) >= 11 is 5.91. The van der Waals surface area contributed by atoms with Gasteiger partial charge in [-0.2, -0.15) is 0 Å². The standard InChI is InChI=1S/C23H24ClNO4.C9H14O/c1-2-27-22(26)20-21(25-29-23(20)14-4-3-5-15-23)16-6-10-18(11-7-16)28-19-12-8-17(24)9-13-19;1-8(10)7-9-5-3-2-4-6-9/h6-13,20H,2-5,14-15H2,1H3;7H,2-6H2,1H3. The van der Waals surface area contributed by atoms with Crippen LogP contribution in [0.15, 0.2) is 65.3 Å². The monoisotopic (exact) mass is 551 g/mol. The maximum atomic E-state index is 12.8. The zero-order valence-corrected chi connectivity index (χ0v) is 23.7. The highest BCUT2D eigenvalue weighted by atomic mass is 35.5. The number of hydrogen-bond acceptors (Lipinski definition) is 6. The van der Waals surface area contributed by atoms with Crippen molar-refractivity contribution in [3.8, 4) is 11.5 Å². The van der Waals surface area contributed by atoms with E-state index in [9.17, 15) is 9.59 Å². The molecule has 2 fully saturated rings. The van der Waals surface area contributed by atoms with Crippen LogP contribution < -0.4 is 4.74 Å². The number of carbonyl (C=O) groups is 2. The Morgan fingerprint density at radius 1 is 0.949 bits per heavy atom. The van der Waals surface area contributed by atoms with Crippen LogP contribution in [0, 0.1) is 5.92 Å². The van der Waals surface area contributed by atoms with Crippen LogP contribution in [-0.4, -0.2) is 29.7 Å². The molecule has 1 unspecified atom stereocenters. The number of halogens is 1. The van der Waals surface area contributed by atoms with Gasteiger partial charge in [-0.25, -0.2) is 0 Å². The Morgan fingerprint density at radius 3 is 2.13 bits per heavy atom. The number of benzene rings is 2. The molecule has 208 valence electrons. The predicted molar refractivity (Wildman–Crippen MR) is 153 cm³/mol. The van der Waals surface area contributed by atoms with Crippen molar-refractivity contribution < 1.29 is 23.9 Å². The third kappa shape index (κ3) is 7.72. The van der Waals surface area contributed by atoms with Crippen LogP contribution in [0.3, 0.4) is 0 Å². The minimum atomic E-state index is -0.571. The van der Waals surface area contributed by atoms with E-state index in [0.29, 0.717) is 28.8 Å². The van der Waals surface area contributed by atoms with Gasteiger partial charge in [0.25, 0.3) is 0 Å². The first-order valence-corrected chi connectivity index (χ1v) is 14.4. The minimum Gasteiger partial charge on any atom is -0.465 e. The Labute approximate surface area is 236 Å². The highest BCUT2D eigenvalue weighted by molar-refractivity contribution is 6.30. The van der Waals surface area contributed by atoms with E-state index in [1.807, 2.05) is 43.3 Å². The number of allylic oxidation sites excluding steroid dienone is 2. The van der Waals surface area contributed by atoms with Crippen molar-refractivity contribution in [1.82, 2.24) is 0 Å². The van der Waals surface area contributed by atoms with Gasteiger partial charge in [0.1, 0.15) is 23.1 Å². The van der Waals surface area contributed by atoms with Gasteiger partial charge in [0, 0.05) is 10.6 Å². The number of carbonyl (C=O) groups excluding carboxylic acids is 2. The smallest absolute Gasteiger partial charge is 0.319 e. The summed E-state index contributed by atoms with van der Waals surface area (Å²) < 4.78 is 11.2. The molecule has 3 aliphatic rings. The molecule has 0 radical (unpaired) electrons. The van der Waals surface area contributed by atoms with Crippen LogP contribution in [0.25, 0.3) is 0 Å². The van der Waals surface area contributed by atoms with E-state index < -0.39 is 11.5 Å². The summed E-state index contributed by atoms with van der Waals surface area (Å²) in [5.41, 5.74) is 2.27. The van der Waals surface area contributed by atoms with Crippen molar-refractivity contribution >= 4 is 29.1 Å². The number of nitrogens with zero attached hydrogens (tertiary/aromatic N) is 1. The number of esters is 1. The Bertz CT molecular complexity index is 1170. The maximum Gasteiger partial charge on any atom is 0.319 e. The molecule has 0 N–H and O–H groups in total. The van der Waals surface area contributed by atoms with E-state index in [0.717, 1.165) is 50.5 Å². The van der Waals surface area contributed by atoms with Gasteiger partial charge in [-0.3, -0.25) is 9.59 Å². The first-order chi connectivity index (χ1) is 18.9. The van der Waals surface area contributed by atoms with Crippen LogP contribution in [0.1, 0.15) is 83.6 Å². The molecule has 5 rings (SSSR count). The first-order valence-electron chi connectivity index (χ1n) is 14.1. The second-order valence-electron chi connectivity index (χ2n) is 10.4. The number of oxime groups is 1. The van der Waals surface area contributed by atoms with Crippen molar-refractivity contribution in [2.45, 2.75) is 83.7 Å². The molecule has 1 aliphatic heterocycles. The minimum absolute atomic E-state index is 0.205. The zero-order chi connectivity index (χ0) is 27.7. The number of rotatable bonds is 6. The van der Waals surface area contributed by atoms with Crippen LogP contribution >= 0.6 is 11.6 Å². The molecule has 2 aliphatic carbocycles. The van der Waals surface area contributed by atoms with Gasteiger partial charge in [-0.15, -0.1) is 0 Å². The molecule has 2 aromatic rings. The Hall–Kier alpha value is -3.12. The van der Waals surface area contributed by atoms with Gasteiger partial charge >= 0.3 is 5.97 Å². The SMILES string of the molecule is CC(=O)C=C1CCCCC1.CCOC(=O)C1C(c2ccc(Oc3ccc(Cl)cc3)cc2)=NOC12CCCCC2. The molecule has 0 bridgehead atoms. The van der Waals surface area contributed by atoms with E-state index >= 15 is 0 Å². The molecule has 1 heterocycles. The highest BCUT2D eigenvalue weighted by Crippen LogP contribution is 2.44. The van der Waals surface area contributed by atoms with Crippen molar-refractivity contribution in [1.29, 1.82) is 0 Å². The molecular formula is C32H38ClNO5. The maximum absolute atomic E-state index is 12.8. The Kier molecular flexibility index (Phi) is 10.2. The number of ketones is 1. The van der Waals surface area contributed by atoms with Gasteiger partial charge in [-0.1, -0.05) is 35.2 Å². The van der Waals surface area contributed by atoms with Gasteiger partial charge in [-0.05, 0) is 120 Å². The molecule has 0 amide bonds. The fourth-order valence-corrected chi connectivity index (χ4v) is 5.69. The van der Waals surface area contributed by atoms with E-state index in [1.165, 1.54) is 24.8 Å². The second kappa shape index (κ2) is 13.8. The lowest BCUT2D eigenvalue weighted by Gasteiger charge is -2.35. The first kappa shape index (κ1) is 28.9. The topological polar surface area (TPSA) is 74.2 Å². The van der Waals surface area contributed by atoms with Crippen LogP contribution in [0.4, 0.5) is 0 Å². The van der Waals surface area contributed by atoms with E-state index in [2.05, 4.69) is 5.16 Å². The number of ether oxygens (including phenoxy) is 2. The normalized spacial score (nSPS) is 19.7. The molecule has 7 heteroatoms. The second-order valence-corrected chi connectivity index (χ2v) is 10.9. The van der Waals surface area contributed by atoms with E-state index in [-0.39, 0.29) is 11.8 Å². The van der Waals surface area contributed by atoms with Gasteiger partial charge in [0.15, 0.2) is 11.4 Å². The Morgan fingerprint density at radius 2 is 1.54 bits per heavy atom. The zero-order valence-electron chi connectivity index (χ0n) is 22.9. The average Bonchev–Trinajstić information content (AvgIpc) is 3.29. The molecular weight excluding hydrogens is 514 g/mol. The van der Waals surface area contributed by atoms with Crippen molar-refractivity contribution in [3.63, 3.8) is 0 Å². The largest absolute Gasteiger partial charge is 0.465 e. The van der Waals surface area contributed by atoms with Crippen molar-refractivity contribution in [2.24, 2.45) is 11.1 Å². The molecule has 39 heavy (non-hydrogen) atoms.